The number of nitrogens with one attached hydrogen (secondary N) is 1. The topological polar surface area (TPSA) is 157 Å². The van der Waals surface area contributed by atoms with Gasteiger partial charge in [0.15, 0.2) is 17.0 Å². The van der Waals surface area contributed by atoms with Crippen molar-refractivity contribution in [1.82, 2.24) is 19.5 Å². The van der Waals surface area contributed by atoms with Crippen molar-refractivity contribution in [2.75, 3.05) is 11.7 Å². The minimum atomic E-state index is -4.25. The molecule has 2 heterocycles. The number of imidazole rings is 1. The van der Waals surface area contributed by atoms with Gasteiger partial charge in [0.25, 0.3) is 0 Å². The highest BCUT2D eigenvalue weighted by Gasteiger charge is 2.18. The highest BCUT2D eigenvalue weighted by molar-refractivity contribution is 7.51. The third kappa shape index (κ3) is 6.45. The van der Waals surface area contributed by atoms with E-state index < -0.39 is 20.0 Å². The summed E-state index contributed by atoms with van der Waals surface area (Å²) < 4.78 is 17.7. The minimum absolute atomic E-state index is 0.0107. The van der Waals surface area contributed by atoms with E-state index in [2.05, 4.69) is 20.3 Å². The van der Waals surface area contributed by atoms with Crippen LogP contribution in [0.5, 0.6) is 0 Å². The Hall–Kier alpha value is -2.20. The molecule has 0 radical (unpaired) electrons. The molecule has 0 spiro atoms. The van der Waals surface area contributed by atoms with Crippen molar-refractivity contribution in [3.05, 3.63) is 12.7 Å². The first-order chi connectivity index (χ1) is 13.1. The predicted octanol–water partition coefficient (Wildman–Crippen LogP) is 1.31. The van der Waals surface area contributed by atoms with Crippen LogP contribution in [-0.4, -0.2) is 53.4 Å². The molecular formula is C16H24N5O6P. The van der Waals surface area contributed by atoms with Crippen LogP contribution in [0.3, 0.4) is 0 Å². The van der Waals surface area contributed by atoms with Crippen LogP contribution in [-0.2, 0) is 25.4 Å². The fourth-order valence-electron chi connectivity index (χ4n) is 2.38. The average molecular weight is 413 g/mol. The van der Waals surface area contributed by atoms with Crippen molar-refractivity contribution in [2.45, 2.75) is 46.3 Å². The second kappa shape index (κ2) is 9.33. The van der Waals surface area contributed by atoms with Crippen molar-refractivity contribution in [1.29, 1.82) is 0 Å². The van der Waals surface area contributed by atoms with Crippen molar-refractivity contribution in [3.8, 4) is 0 Å². The molecule has 2 rings (SSSR count). The van der Waals surface area contributed by atoms with Gasteiger partial charge in [-0.3, -0.25) is 14.2 Å². The van der Waals surface area contributed by atoms with Gasteiger partial charge in [0, 0.05) is 18.8 Å². The van der Waals surface area contributed by atoms with Crippen LogP contribution < -0.4 is 5.32 Å². The third-order valence-corrected chi connectivity index (χ3v) is 4.37. The molecule has 0 aliphatic heterocycles. The van der Waals surface area contributed by atoms with E-state index in [9.17, 15) is 14.2 Å². The van der Waals surface area contributed by atoms with E-state index in [1.54, 1.807) is 25.3 Å². The number of amides is 1. The number of aromatic nitrogens is 4. The van der Waals surface area contributed by atoms with E-state index in [-0.39, 0.29) is 42.8 Å². The predicted molar refractivity (Wildman–Crippen MR) is 100 cm³/mol. The lowest BCUT2D eigenvalue weighted by atomic mass is 10.0. The molecule has 2 aromatic heterocycles. The molecule has 1 atom stereocenters. The van der Waals surface area contributed by atoms with Gasteiger partial charge in [-0.15, -0.1) is 0 Å². The maximum Gasteiger partial charge on any atom is 0.350 e. The second-order valence-corrected chi connectivity index (χ2v) is 8.32. The summed E-state index contributed by atoms with van der Waals surface area (Å²) in [5, 5.41) is 2.64. The van der Waals surface area contributed by atoms with Crippen LogP contribution in [0.1, 0.15) is 33.6 Å². The van der Waals surface area contributed by atoms with Crippen LogP contribution in [0.25, 0.3) is 11.2 Å². The molecule has 0 unspecified atom stereocenters. The normalized spacial score (nSPS) is 13.1. The minimum Gasteiger partial charge on any atom is -0.364 e. The molecule has 0 aliphatic carbocycles. The Morgan fingerprint density at radius 3 is 2.57 bits per heavy atom. The average Bonchev–Trinajstić information content (AvgIpc) is 3.01. The molecule has 3 N–H and O–H groups in total. The third-order valence-electron chi connectivity index (χ3n) is 3.88. The molecular weight excluding hydrogens is 389 g/mol. The van der Waals surface area contributed by atoms with E-state index >= 15 is 0 Å². The summed E-state index contributed by atoms with van der Waals surface area (Å²) in [6, 6.07) is 0. The van der Waals surface area contributed by atoms with Gasteiger partial charge in [-0.05, 0) is 6.92 Å². The Labute approximate surface area is 161 Å². The fourth-order valence-corrected chi connectivity index (χ4v) is 2.83. The van der Waals surface area contributed by atoms with E-state index in [1.165, 1.54) is 12.7 Å². The summed E-state index contributed by atoms with van der Waals surface area (Å²) in [6.07, 6.45) is 1.79. The zero-order valence-electron chi connectivity index (χ0n) is 15.9. The quantitative estimate of drug-likeness (QED) is 0.489. The van der Waals surface area contributed by atoms with E-state index in [1.807, 2.05) is 0 Å². The zero-order chi connectivity index (χ0) is 20.9. The number of Topliss-reactive ketones (excluding diaryl/α,β-unsaturated/α-hetero) is 1. The Morgan fingerprint density at radius 1 is 1.21 bits per heavy atom. The number of hydrogen-bond acceptors (Lipinski definition) is 7. The van der Waals surface area contributed by atoms with Gasteiger partial charge < -0.3 is 24.4 Å². The van der Waals surface area contributed by atoms with Crippen molar-refractivity contribution >= 4 is 36.3 Å². The molecule has 0 aliphatic rings. The zero-order valence-corrected chi connectivity index (χ0v) is 16.8. The van der Waals surface area contributed by atoms with Gasteiger partial charge in [0.1, 0.15) is 18.5 Å². The van der Waals surface area contributed by atoms with E-state index in [4.69, 9.17) is 14.5 Å². The molecule has 0 bridgehead atoms. The molecule has 0 aromatic carbocycles. The van der Waals surface area contributed by atoms with Gasteiger partial charge in [0.2, 0.25) is 5.91 Å². The Bertz CT molecular complexity index is 893. The number of ketones is 1. The molecule has 0 saturated heterocycles. The Balaban J connectivity index is 2.05. The molecule has 11 nitrogen and oxygen atoms in total. The number of anilines is 1. The number of fused-ring (bicyclic) bond motifs is 1. The lowest BCUT2D eigenvalue weighted by Crippen LogP contribution is -2.18. The van der Waals surface area contributed by atoms with Crippen LogP contribution in [0, 0.1) is 5.92 Å². The molecule has 1 amide bonds. The monoisotopic (exact) mass is 413 g/mol. The molecule has 28 heavy (non-hydrogen) atoms. The number of hydrogen-bond donors (Lipinski definition) is 3. The van der Waals surface area contributed by atoms with Crippen LogP contribution >= 0.6 is 7.60 Å². The summed E-state index contributed by atoms with van der Waals surface area (Å²) in [5.41, 5.74) is 0.809. The lowest BCUT2D eigenvalue weighted by molar-refractivity contribution is -0.124. The summed E-state index contributed by atoms with van der Waals surface area (Å²) in [6.45, 7) is 5.48. The first-order valence-electron chi connectivity index (χ1n) is 8.71. The lowest BCUT2D eigenvalue weighted by Gasteiger charge is -2.14. The molecule has 0 saturated carbocycles. The molecule has 0 fully saturated rings. The Kier molecular flexibility index (Phi) is 7.36. The maximum atomic E-state index is 12.1. The molecule has 2 aromatic rings. The largest absolute Gasteiger partial charge is 0.364 e. The van der Waals surface area contributed by atoms with Crippen LogP contribution in [0.15, 0.2) is 12.7 Å². The number of carbonyl (C=O) groups excluding carboxylic acids is 2. The molecule has 12 heteroatoms. The fraction of sp³-hybridized carbons (Fsp3) is 0.562. The van der Waals surface area contributed by atoms with Crippen molar-refractivity contribution in [2.24, 2.45) is 5.92 Å². The van der Waals surface area contributed by atoms with Crippen molar-refractivity contribution in [3.63, 3.8) is 0 Å². The standard InChI is InChI=1S/C16H24N5O6P/c1-10(2)12(22)4-5-13(23)20-15-14-16(18-7-17-15)21(8-19-14)6-11(3)27-9-28(24,25)26/h7-8,10-11H,4-6,9H2,1-3H3,(H2,24,25,26)(H,17,18,20,23)/t11-/m1/s1. The van der Waals surface area contributed by atoms with Gasteiger partial charge in [-0.25, -0.2) is 15.0 Å². The van der Waals surface area contributed by atoms with Crippen LogP contribution in [0.4, 0.5) is 5.82 Å². The van der Waals surface area contributed by atoms with Gasteiger partial charge in [0.05, 0.1) is 19.0 Å². The van der Waals surface area contributed by atoms with Crippen molar-refractivity contribution < 1.29 is 28.7 Å². The van der Waals surface area contributed by atoms with Gasteiger partial charge in [-0.1, -0.05) is 13.8 Å². The smallest absolute Gasteiger partial charge is 0.350 e. The number of rotatable bonds is 10. The first-order valence-corrected chi connectivity index (χ1v) is 10.5. The van der Waals surface area contributed by atoms with E-state index in [0.717, 1.165) is 0 Å². The highest BCUT2D eigenvalue weighted by atomic mass is 31.2. The Morgan fingerprint density at radius 2 is 1.93 bits per heavy atom. The number of nitrogens with zero attached hydrogens (tertiary/aromatic N) is 4. The van der Waals surface area contributed by atoms with E-state index in [0.29, 0.717) is 11.2 Å². The maximum absolute atomic E-state index is 12.1. The van der Waals surface area contributed by atoms with Gasteiger partial charge >= 0.3 is 7.60 Å². The highest BCUT2D eigenvalue weighted by Crippen LogP contribution is 2.34. The number of carbonyl (C=O) groups is 2. The van der Waals surface area contributed by atoms with Gasteiger partial charge in [-0.2, -0.15) is 0 Å². The SMILES string of the molecule is CC(C)C(=O)CCC(=O)Nc1ncnc2c1ncn2C[C@@H](C)OCP(=O)(O)O. The summed E-state index contributed by atoms with van der Waals surface area (Å²) in [5.74, 6) is -0.225. The first kappa shape index (κ1) is 22.1. The summed E-state index contributed by atoms with van der Waals surface area (Å²) >= 11 is 0. The summed E-state index contributed by atoms with van der Waals surface area (Å²) in [7, 11) is -4.25. The second-order valence-electron chi connectivity index (χ2n) is 6.73. The van der Waals surface area contributed by atoms with Crippen LogP contribution in [0.2, 0.25) is 0 Å². The summed E-state index contributed by atoms with van der Waals surface area (Å²) in [4.78, 5) is 53.9. The molecule has 154 valence electrons. The number of ether oxygens (including phenoxy) is 1.